The molecule has 1 N–H and O–H groups in total. The monoisotopic (exact) mass is 344 g/mol. The van der Waals surface area contributed by atoms with Gasteiger partial charge in [0.2, 0.25) is 0 Å². The third-order valence-corrected chi connectivity index (χ3v) is 4.34. The van der Waals surface area contributed by atoms with Crippen LogP contribution in [0.5, 0.6) is 0 Å². The highest BCUT2D eigenvalue weighted by atomic mass is 127. The SMILES string of the molecule is CC(C)C1CN(c2ccccc2I)CCCN1. The van der Waals surface area contributed by atoms with Crippen molar-refractivity contribution >= 4 is 28.3 Å². The summed E-state index contributed by atoms with van der Waals surface area (Å²) in [4.78, 5) is 2.53. The highest BCUT2D eigenvalue weighted by Gasteiger charge is 2.21. The number of rotatable bonds is 2. The van der Waals surface area contributed by atoms with Gasteiger partial charge in [0.05, 0.1) is 5.69 Å². The Morgan fingerprint density at radius 1 is 1.35 bits per heavy atom. The second-order valence-corrected chi connectivity index (χ2v) is 6.22. The number of benzene rings is 1. The molecular formula is C14H21IN2. The van der Waals surface area contributed by atoms with E-state index in [4.69, 9.17) is 0 Å². The lowest BCUT2D eigenvalue weighted by Gasteiger charge is -2.29. The van der Waals surface area contributed by atoms with Gasteiger partial charge in [0, 0.05) is 22.7 Å². The molecule has 0 aromatic heterocycles. The van der Waals surface area contributed by atoms with E-state index in [9.17, 15) is 0 Å². The van der Waals surface area contributed by atoms with E-state index in [1.807, 2.05) is 0 Å². The molecule has 17 heavy (non-hydrogen) atoms. The van der Waals surface area contributed by atoms with Crippen molar-refractivity contribution in [1.29, 1.82) is 0 Å². The smallest absolute Gasteiger partial charge is 0.0502 e. The fourth-order valence-corrected chi connectivity index (χ4v) is 3.05. The average Bonchev–Trinajstić information content (AvgIpc) is 2.55. The Kier molecular flexibility index (Phi) is 4.68. The summed E-state index contributed by atoms with van der Waals surface area (Å²) in [7, 11) is 0. The number of nitrogens with zero attached hydrogens (tertiary/aromatic N) is 1. The topological polar surface area (TPSA) is 15.3 Å². The molecule has 1 aliphatic rings. The normalized spacial score (nSPS) is 21.6. The maximum absolute atomic E-state index is 3.66. The fourth-order valence-electron chi connectivity index (χ4n) is 2.32. The van der Waals surface area contributed by atoms with Crippen LogP contribution in [0.15, 0.2) is 24.3 Å². The maximum Gasteiger partial charge on any atom is 0.0502 e. The molecule has 0 aliphatic carbocycles. The number of hydrogen-bond donors (Lipinski definition) is 1. The molecule has 1 aliphatic heterocycles. The standard InChI is InChI=1S/C14H21IN2/c1-11(2)13-10-17(9-5-8-16-13)14-7-4-3-6-12(14)15/h3-4,6-7,11,13,16H,5,8-10H2,1-2H3. The molecule has 1 atom stereocenters. The second-order valence-electron chi connectivity index (χ2n) is 5.06. The lowest BCUT2D eigenvalue weighted by Crippen LogP contribution is -2.41. The van der Waals surface area contributed by atoms with Crippen molar-refractivity contribution in [2.75, 3.05) is 24.5 Å². The molecule has 0 saturated carbocycles. The molecule has 0 amide bonds. The van der Waals surface area contributed by atoms with E-state index in [2.05, 4.69) is 70.9 Å². The Balaban J connectivity index is 2.17. The summed E-state index contributed by atoms with van der Waals surface area (Å²) >= 11 is 2.44. The van der Waals surface area contributed by atoms with E-state index in [1.54, 1.807) is 0 Å². The Bertz CT molecular complexity index is 365. The minimum Gasteiger partial charge on any atom is -0.369 e. The van der Waals surface area contributed by atoms with Crippen molar-refractivity contribution in [1.82, 2.24) is 5.32 Å². The fraction of sp³-hybridized carbons (Fsp3) is 0.571. The Hall–Kier alpha value is -0.290. The first-order chi connectivity index (χ1) is 8.18. The molecule has 1 unspecified atom stereocenters. The molecule has 94 valence electrons. The Morgan fingerprint density at radius 2 is 2.12 bits per heavy atom. The quantitative estimate of drug-likeness (QED) is 0.830. The summed E-state index contributed by atoms with van der Waals surface area (Å²) in [5, 5.41) is 3.66. The van der Waals surface area contributed by atoms with Gasteiger partial charge in [-0.3, -0.25) is 0 Å². The molecule has 3 heteroatoms. The van der Waals surface area contributed by atoms with Crippen LogP contribution < -0.4 is 10.2 Å². The molecule has 0 radical (unpaired) electrons. The summed E-state index contributed by atoms with van der Waals surface area (Å²) in [5.41, 5.74) is 1.39. The van der Waals surface area contributed by atoms with Crippen molar-refractivity contribution in [3.63, 3.8) is 0 Å². The molecular weight excluding hydrogens is 323 g/mol. The predicted octanol–water partition coefficient (Wildman–Crippen LogP) is 3.12. The molecule has 2 nitrogen and oxygen atoms in total. The summed E-state index contributed by atoms with van der Waals surface area (Å²) in [6, 6.07) is 9.29. The van der Waals surface area contributed by atoms with Crippen LogP contribution in [-0.4, -0.2) is 25.7 Å². The van der Waals surface area contributed by atoms with Crippen LogP contribution >= 0.6 is 22.6 Å². The first-order valence-electron chi connectivity index (χ1n) is 6.41. The molecule has 0 spiro atoms. The number of hydrogen-bond acceptors (Lipinski definition) is 2. The zero-order chi connectivity index (χ0) is 12.3. The van der Waals surface area contributed by atoms with E-state index in [1.165, 1.54) is 15.7 Å². The van der Waals surface area contributed by atoms with Gasteiger partial charge < -0.3 is 10.2 Å². The first kappa shape index (κ1) is 13.1. The minimum atomic E-state index is 0.605. The number of halogens is 1. The van der Waals surface area contributed by atoms with Gasteiger partial charge >= 0.3 is 0 Å². The van der Waals surface area contributed by atoms with Crippen LogP contribution in [0.4, 0.5) is 5.69 Å². The second kappa shape index (κ2) is 6.05. The molecule has 1 fully saturated rings. The van der Waals surface area contributed by atoms with E-state index < -0.39 is 0 Å². The summed E-state index contributed by atoms with van der Waals surface area (Å²) < 4.78 is 1.36. The predicted molar refractivity (Wildman–Crippen MR) is 82.6 cm³/mol. The molecule has 1 aromatic rings. The molecule has 0 bridgehead atoms. The maximum atomic E-state index is 3.66. The van der Waals surface area contributed by atoms with E-state index >= 15 is 0 Å². The van der Waals surface area contributed by atoms with Gasteiger partial charge in [-0.25, -0.2) is 0 Å². The van der Waals surface area contributed by atoms with Gasteiger partial charge in [0.1, 0.15) is 0 Å². The Labute approximate surface area is 118 Å². The third-order valence-electron chi connectivity index (χ3n) is 3.43. The van der Waals surface area contributed by atoms with Gasteiger partial charge in [-0.05, 0) is 53.6 Å². The summed E-state index contributed by atoms with van der Waals surface area (Å²) in [6.07, 6.45) is 1.23. The Morgan fingerprint density at radius 3 is 2.82 bits per heavy atom. The summed E-state index contributed by atoms with van der Waals surface area (Å²) in [6.45, 7) is 8.03. The van der Waals surface area contributed by atoms with Gasteiger partial charge in [0.25, 0.3) is 0 Å². The van der Waals surface area contributed by atoms with Gasteiger partial charge in [-0.2, -0.15) is 0 Å². The van der Waals surface area contributed by atoms with Crippen LogP contribution in [-0.2, 0) is 0 Å². The van der Waals surface area contributed by atoms with E-state index in [-0.39, 0.29) is 0 Å². The number of nitrogens with one attached hydrogen (secondary N) is 1. The van der Waals surface area contributed by atoms with Crippen molar-refractivity contribution in [2.45, 2.75) is 26.3 Å². The molecule has 1 heterocycles. The summed E-state index contributed by atoms with van der Waals surface area (Å²) in [5.74, 6) is 0.692. The molecule has 2 rings (SSSR count). The van der Waals surface area contributed by atoms with E-state index in [0.29, 0.717) is 12.0 Å². The van der Waals surface area contributed by atoms with E-state index in [0.717, 1.165) is 19.6 Å². The van der Waals surface area contributed by atoms with Gasteiger partial charge in [0.15, 0.2) is 0 Å². The van der Waals surface area contributed by atoms with Crippen LogP contribution in [0.2, 0.25) is 0 Å². The largest absolute Gasteiger partial charge is 0.369 e. The number of para-hydroxylation sites is 1. The van der Waals surface area contributed by atoms with Crippen LogP contribution in [0.1, 0.15) is 20.3 Å². The zero-order valence-corrected chi connectivity index (χ0v) is 12.8. The van der Waals surface area contributed by atoms with Crippen molar-refractivity contribution in [2.24, 2.45) is 5.92 Å². The van der Waals surface area contributed by atoms with Crippen LogP contribution in [0, 0.1) is 9.49 Å². The van der Waals surface area contributed by atoms with Gasteiger partial charge in [-0.15, -0.1) is 0 Å². The lowest BCUT2D eigenvalue weighted by molar-refractivity contribution is 0.420. The third kappa shape index (κ3) is 3.35. The molecule has 1 aromatic carbocycles. The zero-order valence-electron chi connectivity index (χ0n) is 10.6. The van der Waals surface area contributed by atoms with Crippen LogP contribution in [0.25, 0.3) is 0 Å². The van der Waals surface area contributed by atoms with Crippen molar-refractivity contribution < 1.29 is 0 Å². The highest BCUT2D eigenvalue weighted by molar-refractivity contribution is 14.1. The highest BCUT2D eigenvalue weighted by Crippen LogP contribution is 2.24. The van der Waals surface area contributed by atoms with Gasteiger partial charge in [-0.1, -0.05) is 26.0 Å². The molecule has 1 saturated heterocycles. The first-order valence-corrected chi connectivity index (χ1v) is 7.49. The minimum absolute atomic E-state index is 0.605. The van der Waals surface area contributed by atoms with Crippen molar-refractivity contribution in [3.05, 3.63) is 27.8 Å². The lowest BCUT2D eigenvalue weighted by atomic mass is 10.0. The average molecular weight is 344 g/mol. The van der Waals surface area contributed by atoms with Crippen molar-refractivity contribution in [3.8, 4) is 0 Å². The van der Waals surface area contributed by atoms with Crippen LogP contribution in [0.3, 0.4) is 0 Å². The number of anilines is 1.